The van der Waals surface area contributed by atoms with E-state index >= 15 is 0 Å². The van der Waals surface area contributed by atoms with E-state index in [0.29, 0.717) is 18.3 Å². The fourth-order valence-corrected chi connectivity index (χ4v) is 2.55. The lowest BCUT2D eigenvalue weighted by atomic mass is 10.1. The molecule has 1 aliphatic rings. The third kappa shape index (κ3) is 3.25. The number of carbonyl (C=O) groups excluding carboxylic acids is 1. The summed E-state index contributed by atoms with van der Waals surface area (Å²) < 4.78 is 0. The fourth-order valence-electron chi connectivity index (χ4n) is 2.55. The lowest BCUT2D eigenvalue weighted by molar-refractivity contribution is 0.0821. The number of nitrogens with zero attached hydrogens (tertiary/aromatic N) is 4. The topological polar surface area (TPSA) is 75.4 Å². The van der Waals surface area contributed by atoms with Crippen LogP contribution in [0.3, 0.4) is 0 Å². The molecule has 1 unspecified atom stereocenters. The second-order valence-electron chi connectivity index (χ2n) is 5.41. The largest absolute Gasteiger partial charge is 0.351 e. The Morgan fingerprint density at radius 1 is 1.35 bits per heavy atom. The Morgan fingerprint density at radius 2 is 2.15 bits per heavy atom. The molecule has 6 nitrogen and oxygen atoms in total. The van der Waals surface area contributed by atoms with Gasteiger partial charge in [0.05, 0.1) is 0 Å². The van der Waals surface area contributed by atoms with E-state index in [1.807, 2.05) is 6.07 Å². The zero-order chi connectivity index (χ0) is 14.5. The molecule has 1 saturated heterocycles. The maximum atomic E-state index is 11.8. The molecule has 0 spiro atoms. The van der Waals surface area contributed by atoms with Crippen LogP contribution in [-0.2, 0) is 0 Å². The summed E-state index contributed by atoms with van der Waals surface area (Å²) >= 11 is 0. The molecular weight excluding hydrogens is 254 g/mol. The molecule has 1 amide bonds. The fraction of sp³-hybridized carbons (Fsp3) is 0.643. The van der Waals surface area contributed by atoms with Gasteiger partial charge in [0.2, 0.25) is 0 Å². The number of carbonyl (C=O) groups is 1. The average molecular weight is 277 g/mol. The Labute approximate surface area is 120 Å². The van der Waals surface area contributed by atoms with E-state index in [9.17, 15) is 4.79 Å². The molecule has 1 aromatic heterocycles. The van der Waals surface area contributed by atoms with Gasteiger partial charge >= 0.3 is 0 Å². The van der Waals surface area contributed by atoms with Crippen LogP contribution in [0.5, 0.6) is 0 Å². The lowest BCUT2D eigenvalue weighted by Gasteiger charge is -2.29. The van der Waals surface area contributed by atoms with Crippen molar-refractivity contribution in [2.24, 2.45) is 5.73 Å². The molecule has 0 aliphatic carbocycles. The van der Waals surface area contributed by atoms with Gasteiger partial charge in [-0.25, -0.2) is 0 Å². The predicted octanol–water partition coefficient (Wildman–Crippen LogP) is 0.886. The summed E-state index contributed by atoms with van der Waals surface area (Å²) in [7, 11) is 3.41. The molecule has 6 heteroatoms. The molecule has 0 saturated carbocycles. The summed E-state index contributed by atoms with van der Waals surface area (Å²) in [4.78, 5) is 15.5. The molecule has 2 rings (SSSR count). The summed E-state index contributed by atoms with van der Waals surface area (Å²) in [6.07, 6.45) is 4.69. The zero-order valence-electron chi connectivity index (χ0n) is 12.2. The van der Waals surface area contributed by atoms with Crippen molar-refractivity contribution in [3.63, 3.8) is 0 Å². The van der Waals surface area contributed by atoms with Crippen molar-refractivity contribution in [3.8, 4) is 0 Å². The molecule has 0 bridgehead atoms. The quantitative estimate of drug-likeness (QED) is 0.888. The van der Waals surface area contributed by atoms with Crippen molar-refractivity contribution in [3.05, 3.63) is 17.8 Å². The smallest absolute Gasteiger partial charge is 0.273 e. The van der Waals surface area contributed by atoms with Crippen LogP contribution in [0.1, 0.15) is 36.2 Å². The third-order valence-corrected chi connectivity index (χ3v) is 3.72. The molecule has 1 aliphatic heterocycles. The third-order valence-electron chi connectivity index (χ3n) is 3.72. The van der Waals surface area contributed by atoms with Gasteiger partial charge in [0.25, 0.3) is 5.91 Å². The summed E-state index contributed by atoms with van der Waals surface area (Å²) in [6.45, 7) is 1.58. The number of hydrogen-bond acceptors (Lipinski definition) is 5. The molecule has 1 aromatic rings. The number of anilines is 1. The first-order valence-corrected chi connectivity index (χ1v) is 7.15. The normalized spacial score (nSPS) is 19.6. The van der Waals surface area contributed by atoms with Gasteiger partial charge < -0.3 is 15.5 Å². The standard InChI is InChI=1S/C14H23N5O/c1-18(2)14(20)12-7-8-13(17-16-12)19-9-5-3-4-6-11(19)10-15/h7-8,11H,3-6,9-10,15H2,1-2H3. The zero-order valence-corrected chi connectivity index (χ0v) is 12.2. The Balaban J connectivity index is 2.17. The molecule has 110 valence electrons. The second kappa shape index (κ2) is 6.65. The van der Waals surface area contributed by atoms with Crippen molar-refractivity contribution >= 4 is 11.7 Å². The Kier molecular flexibility index (Phi) is 4.89. The van der Waals surface area contributed by atoms with E-state index < -0.39 is 0 Å². The highest BCUT2D eigenvalue weighted by molar-refractivity contribution is 5.91. The van der Waals surface area contributed by atoms with Crippen molar-refractivity contribution in [1.29, 1.82) is 0 Å². The summed E-state index contributed by atoms with van der Waals surface area (Å²) in [6, 6.07) is 3.93. The predicted molar refractivity (Wildman–Crippen MR) is 78.7 cm³/mol. The summed E-state index contributed by atoms with van der Waals surface area (Å²) in [5.41, 5.74) is 6.24. The second-order valence-corrected chi connectivity index (χ2v) is 5.41. The van der Waals surface area contributed by atoms with Gasteiger partial charge in [-0.1, -0.05) is 12.8 Å². The molecule has 0 radical (unpaired) electrons. The Bertz CT molecular complexity index is 445. The Hall–Kier alpha value is -1.69. The number of nitrogens with two attached hydrogens (primary N) is 1. The van der Waals surface area contributed by atoms with E-state index in [-0.39, 0.29) is 5.91 Å². The van der Waals surface area contributed by atoms with E-state index in [0.717, 1.165) is 25.2 Å². The van der Waals surface area contributed by atoms with Crippen LogP contribution in [0.15, 0.2) is 12.1 Å². The van der Waals surface area contributed by atoms with Gasteiger partial charge in [-0.05, 0) is 25.0 Å². The average Bonchev–Trinajstić information content (AvgIpc) is 2.71. The first-order valence-electron chi connectivity index (χ1n) is 7.15. The van der Waals surface area contributed by atoms with Gasteiger partial charge in [0.1, 0.15) is 0 Å². The number of amides is 1. The van der Waals surface area contributed by atoms with Crippen molar-refractivity contribution < 1.29 is 4.79 Å². The van der Waals surface area contributed by atoms with Gasteiger partial charge in [0.15, 0.2) is 11.5 Å². The first-order chi connectivity index (χ1) is 9.63. The maximum absolute atomic E-state index is 11.8. The van der Waals surface area contributed by atoms with Crippen molar-refractivity contribution in [1.82, 2.24) is 15.1 Å². The Morgan fingerprint density at radius 3 is 2.75 bits per heavy atom. The van der Waals surface area contributed by atoms with Crippen LogP contribution in [0.25, 0.3) is 0 Å². The SMILES string of the molecule is CN(C)C(=O)c1ccc(N2CCCCCC2CN)nn1. The monoisotopic (exact) mass is 277 g/mol. The minimum Gasteiger partial charge on any atom is -0.351 e. The minimum atomic E-state index is -0.129. The van der Waals surface area contributed by atoms with Crippen LogP contribution in [0.2, 0.25) is 0 Å². The summed E-state index contributed by atoms with van der Waals surface area (Å²) in [5.74, 6) is 0.688. The van der Waals surface area contributed by atoms with Crippen LogP contribution < -0.4 is 10.6 Å². The van der Waals surface area contributed by atoms with Gasteiger partial charge in [0, 0.05) is 33.2 Å². The first kappa shape index (κ1) is 14.7. The van der Waals surface area contributed by atoms with Crippen LogP contribution in [-0.4, -0.2) is 54.2 Å². The van der Waals surface area contributed by atoms with E-state index in [1.54, 1.807) is 20.2 Å². The number of rotatable bonds is 3. The van der Waals surface area contributed by atoms with Gasteiger partial charge in [-0.2, -0.15) is 0 Å². The van der Waals surface area contributed by atoms with Crippen LogP contribution in [0.4, 0.5) is 5.82 Å². The van der Waals surface area contributed by atoms with Gasteiger partial charge in [-0.15, -0.1) is 10.2 Å². The van der Waals surface area contributed by atoms with Crippen molar-refractivity contribution in [2.45, 2.75) is 31.7 Å². The molecule has 2 N–H and O–H groups in total. The maximum Gasteiger partial charge on any atom is 0.273 e. The number of hydrogen-bond donors (Lipinski definition) is 1. The lowest BCUT2D eigenvalue weighted by Crippen LogP contribution is -2.41. The van der Waals surface area contributed by atoms with Crippen LogP contribution >= 0.6 is 0 Å². The molecule has 1 atom stereocenters. The highest BCUT2D eigenvalue weighted by Gasteiger charge is 2.21. The van der Waals surface area contributed by atoms with Crippen LogP contribution in [0, 0.1) is 0 Å². The van der Waals surface area contributed by atoms with Gasteiger partial charge in [-0.3, -0.25) is 4.79 Å². The summed E-state index contributed by atoms with van der Waals surface area (Å²) in [5, 5.41) is 8.27. The molecule has 1 fully saturated rings. The minimum absolute atomic E-state index is 0.129. The van der Waals surface area contributed by atoms with Crippen molar-refractivity contribution in [2.75, 3.05) is 32.1 Å². The van der Waals surface area contributed by atoms with E-state index in [4.69, 9.17) is 5.73 Å². The highest BCUT2D eigenvalue weighted by Crippen LogP contribution is 2.21. The van der Waals surface area contributed by atoms with E-state index in [2.05, 4.69) is 15.1 Å². The molecule has 2 heterocycles. The van der Waals surface area contributed by atoms with E-state index in [1.165, 1.54) is 17.7 Å². The highest BCUT2D eigenvalue weighted by atomic mass is 16.2. The molecule has 0 aromatic carbocycles. The number of aromatic nitrogens is 2. The molecular formula is C14H23N5O. The molecule has 20 heavy (non-hydrogen) atoms.